The van der Waals surface area contributed by atoms with Gasteiger partial charge >= 0.3 is 0 Å². The molecule has 8 aromatic carbocycles. The molecule has 2 aliphatic rings. The maximum absolute atomic E-state index is 6.69. The molecule has 52 heavy (non-hydrogen) atoms. The van der Waals surface area contributed by atoms with E-state index in [1.54, 1.807) is 0 Å². The average molecular weight is 670 g/mol. The molecule has 0 saturated heterocycles. The minimum absolute atomic E-state index is 0.126. The second-order valence-electron chi connectivity index (χ2n) is 14.1. The molecule has 0 spiro atoms. The predicted molar refractivity (Wildman–Crippen MR) is 214 cm³/mol. The zero-order valence-electron chi connectivity index (χ0n) is 29.0. The van der Waals surface area contributed by atoms with Gasteiger partial charge in [-0.2, -0.15) is 0 Å². The number of anilines is 3. The lowest BCUT2D eigenvalue weighted by atomic mass is 9.82. The van der Waals surface area contributed by atoms with Gasteiger partial charge in [-0.1, -0.05) is 141 Å². The van der Waals surface area contributed by atoms with E-state index in [1.165, 1.54) is 38.9 Å². The summed E-state index contributed by atoms with van der Waals surface area (Å²) in [6.07, 6.45) is 0. The number of hydrogen-bond acceptors (Lipinski definition) is 3. The summed E-state index contributed by atoms with van der Waals surface area (Å²) >= 11 is 0. The first kappa shape index (κ1) is 30.3. The van der Waals surface area contributed by atoms with Crippen molar-refractivity contribution < 1.29 is 9.47 Å². The van der Waals surface area contributed by atoms with E-state index in [0.29, 0.717) is 11.5 Å². The Hall–Kier alpha value is -6.58. The van der Waals surface area contributed by atoms with Crippen LogP contribution in [0.1, 0.15) is 25.0 Å². The highest BCUT2D eigenvalue weighted by atomic mass is 16.5. The standard InChI is InChI=1S/C49H35NO2/c1-49(2)40-16-7-6-15-39(40)48-41(49)17-10-18-42(48)50(37-27-25-35(26-28-37)34-23-21-33(22-24-34)32-11-4-3-5-12-32)38-29-30-43-46(31-38)52-45-20-9-14-36-13-8-19-44(51-43)47(36)45/h3-31H,1-2H3. The van der Waals surface area contributed by atoms with Crippen LogP contribution in [-0.2, 0) is 5.41 Å². The van der Waals surface area contributed by atoms with Crippen LogP contribution < -0.4 is 14.4 Å². The Bertz CT molecular complexity index is 2640. The molecule has 0 fully saturated rings. The van der Waals surface area contributed by atoms with Gasteiger partial charge in [-0.05, 0) is 86.8 Å². The lowest BCUT2D eigenvalue weighted by Gasteiger charge is -2.29. The van der Waals surface area contributed by atoms with E-state index in [-0.39, 0.29) is 5.41 Å². The Morgan fingerprint density at radius 1 is 0.423 bits per heavy atom. The molecule has 1 heterocycles. The Balaban J connectivity index is 1.11. The van der Waals surface area contributed by atoms with Crippen LogP contribution in [0.3, 0.4) is 0 Å². The topological polar surface area (TPSA) is 21.7 Å². The molecule has 248 valence electrons. The Morgan fingerprint density at radius 3 is 1.69 bits per heavy atom. The van der Waals surface area contributed by atoms with Crippen molar-refractivity contribution in [2.24, 2.45) is 0 Å². The van der Waals surface area contributed by atoms with Gasteiger partial charge in [0.2, 0.25) is 0 Å². The summed E-state index contributed by atoms with van der Waals surface area (Å²) in [5.41, 5.74) is 13.0. The lowest BCUT2D eigenvalue weighted by molar-refractivity contribution is 0.439. The van der Waals surface area contributed by atoms with E-state index in [0.717, 1.165) is 44.9 Å². The second kappa shape index (κ2) is 11.8. The number of ether oxygens (including phenoxy) is 2. The van der Waals surface area contributed by atoms with Gasteiger partial charge in [-0.3, -0.25) is 0 Å². The molecule has 0 bridgehead atoms. The molecule has 0 saturated carbocycles. The van der Waals surface area contributed by atoms with Crippen LogP contribution in [0.15, 0.2) is 176 Å². The molecule has 0 amide bonds. The van der Waals surface area contributed by atoms with Crippen molar-refractivity contribution in [1.29, 1.82) is 0 Å². The van der Waals surface area contributed by atoms with Gasteiger partial charge in [0, 0.05) is 22.7 Å². The number of nitrogens with zero attached hydrogens (tertiary/aromatic N) is 1. The van der Waals surface area contributed by atoms with Crippen molar-refractivity contribution in [3.8, 4) is 56.4 Å². The van der Waals surface area contributed by atoms with E-state index in [9.17, 15) is 0 Å². The lowest BCUT2D eigenvalue weighted by Crippen LogP contribution is -2.16. The van der Waals surface area contributed by atoms with E-state index in [1.807, 2.05) is 30.3 Å². The summed E-state index contributed by atoms with van der Waals surface area (Å²) in [5, 5.41) is 2.06. The van der Waals surface area contributed by atoms with Gasteiger partial charge < -0.3 is 14.4 Å². The number of hydrogen-bond donors (Lipinski definition) is 0. The fraction of sp³-hybridized carbons (Fsp3) is 0.0612. The smallest absolute Gasteiger partial charge is 0.172 e. The molecular formula is C49H35NO2. The largest absolute Gasteiger partial charge is 0.453 e. The van der Waals surface area contributed by atoms with Crippen LogP contribution in [0.2, 0.25) is 0 Å². The number of rotatable bonds is 5. The molecule has 0 radical (unpaired) electrons. The van der Waals surface area contributed by atoms with Gasteiger partial charge in [0.1, 0.15) is 11.5 Å². The highest BCUT2D eigenvalue weighted by Crippen LogP contribution is 2.55. The SMILES string of the molecule is CC1(C)c2ccccc2-c2c(N(c3ccc(-c4ccc(-c5ccccc5)cc4)cc3)c3ccc4c(c3)Oc3cccc5cccc(c35)O4)cccc21. The van der Waals surface area contributed by atoms with Crippen molar-refractivity contribution >= 4 is 27.8 Å². The molecule has 8 aromatic rings. The van der Waals surface area contributed by atoms with Crippen molar-refractivity contribution in [2.45, 2.75) is 19.3 Å². The quantitative estimate of drug-likeness (QED) is 0.182. The van der Waals surface area contributed by atoms with Gasteiger partial charge in [0.25, 0.3) is 0 Å². The maximum Gasteiger partial charge on any atom is 0.172 e. The van der Waals surface area contributed by atoms with E-state index >= 15 is 0 Å². The van der Waals surface area contributed by atoms with Crippen LogP contribution >= 0.6 is 0 Å². The van der Waals surface area contributed by atoms with Gasteiger partial charge in [0.05, 0.1) is 16.8 Å². The summed E-state index contributed by atoms with van der Waals surface area (Å²) in [4.78, 5) is 2.36. The van der Waals surface area contributed by atoms with Gasteiger partial charge in [0.15, 0.2) is 11.5 Å². The normalized spacial score (nSPS) is 13.3. The van der Waals surface area contributed by atoms with Crippen molar-refractivity contribution in [1.82, 2.24) is 0 Å². The molecule has 1 aliphatic heterocycles. The first-order chi connectivity index (χ1) is 25.5. The summed E-state index contributed by atoms with van der Waals surface area (Å²) in [6.45, 7) is 4.66. The van der Waals surface area contributed by atoms with Crippen LogP contribution in [-0.4, -0.2) is 0 Å². The molecule has 3 nitrogen and oxygen atoms in total. The summed E-state index contributed by atoms with van der Waals surface area (Å²) < 4.78 is 13.2. The third-order valence-corrected chi connectivity index (χ3v) is 10.7. The second-order valence-corrected chi connectivity index (χ2v) is 14.1. The Labute approximate surface area is 304 Å². The number of benzene rings is 8. The number of fused-ring (bicyclic) bond motifs is 4. The molecule has 0 atom stereocenters. The van der Waals surface area contributed by atoms with Gasteiger partial charge in [-0.25, -0.2) is 0 Å². The molecule has 3 heteroatoms. The molecule has 0 unspecified atom stereocenters. The minimum Gasteiger partial charge on any atom is -0.453 e. The molecule has 0 N–H and O–H groups in total. The fourth-order valence-electron chi connectivity index (χ4n) is 8.12. The third kappa shape index (κ3) is 4.81. The van der Waals surface area contributed by atoms with Crippen LogP contribution in [0.25, 0.3) is 44.2 Å². The Kier molecular flexibility index (Phi) is 6.84. The molecule has 1 aliphatic carbocycles. The summed E-state index contributed by atoms with van der Waals surface area (Å²) in [6, 6.07) is 62.3. The third-order valence-electron chi connectivity index (χ3n) is 10.7. The van der Waals surface area contributed by atoms with Crippen LogP contribution in [0, 0.1) is 0 Å². The van der Waals surface area contributed by atoms with Gasteiger partial charge in [-0.15, -0.1) is 0 Å². The molecular weight excluding hydrogens is 635 g/mol. The Morgan fingerprint density at radius 2 is 0.981 bits per heavy atom. The van der Waals surface area contributed by atoms with Crippen LogP contribution in [0.5, 0.6) is 23.0 Å². The zero-order valence-corrected chi connectivity index (χ0v) is 29.0. The van der Waals surface area contributed by atoms with E-state index in [4.69, 9.17) is 9.47 Å². The summed E-state index contributed by atoms with van der Waals surface area (Å²) in [7, 11) is 0. The summed E-state index contributed by atoms with van der Waals surface area (Å²) in [5.74, 6) is 2.94. The highest BCUT2D eigenvalue weighted by Gasteiger charge is 2.37. The zero-order chi connectivity index (χ0) is 34.8. The fourth-order valence-corrected chi connectivity index (χ4v) is 8.12. The average Bonchev–Trinajstić information content (AvgIpc) is 3.31. The highest BCUT2D eigenvalue weighted by molar-refractivity contribution is 5.97. The molecule has 10 rings (SSSR count). The van der Waals surface area contributed by atoms with E-state index < -0.39 is 0 Å². The van der Waals surface area contributed by atoms with E-state index in [2.05, 4.69) is 164 Å². The van der Waals surface area contributed by atoms with Crippen LogP contribution in [0.4, 0.5) is 17.1 Å². The minimum atomic E-state index is -0.126. The predicted octanol–water partition coefficient (Wildman–Crippen LogP) is 13.8. The van der Waals surface area contributed by atoms with Crippen molar-refractivity contribution in [3.05, 3.63) is 187 Å². The first-order valence-corrected chi connectivity index (χ1v) is 17.8. The first-order valence-electron chi connectivity index (χ1n) is 17.8. The van der Waals surface area contributed by atoms with Crippen molar-refractivity contribution in [2.75, 3.05) is 4.90 Å². The van der Waals surface area contributed by atoms with Crippen molar-refractivity contribution in [3.63, 3.8) is 0 Å². The monoisotopic (exact) mass is 669 g/mol. The maximum atomic E-state index is 6.69. The molecule has 0 aromatic heterocycles.